The number of benzene rings is 1. The predicted octanol–water partition coefficient (Wildman–Crippen LogP) is 3.88. The lowest BCUT2D eigenvalue weighted by Crippen LogP contribution is -2.40. The van der Waals surface area contributed by atoms with Crippen molar-refractivity contribution in [1.82, 2.24) is 4.90 Å². The van der Waals surface area contributed by atoms with Crippen molar-refractivity contribution in [2.45, 2.75) is 39.3 Å². The van der Waals surface area contributed by atoms with E-state index in [4.69, 9.17) is 4.74 Å². The molecule has 2 rings (SSSR count). The van der Waals surface area contributed by atoms with Crippen molar-refractivity contribution in [2.75, 3.05) is 6.54 Å². The van der Waals surface area contributed by atoms with Gasteiger partial charge in [-0.05, 0) is 54.8 Å². The standard InChI is InChI=1S/C14H17BrFNO2/c1-14(2,3)19-13(18)17-7-6-9-4-5-11(15)12(16)10(9)8-17/h4-5H,6-8H2,1-3H3. The Kier molecular flexibility index (Phi) is 3.85. The summed E-state index contributed by atoms with van der Waals surface area (Å²) in [5.41, 5.74) is 1.000. The van der Waals surface area contributed by atoms with Crippen molar-refractivity contribution in [3.8, 4) is 0 Å². The van der Waals surface area contributed by atoms with Crippen molar-refractivity contribution in [2.24, 2.45) is 0 Å². The third-order valence-electron chi connectivity index (χ3n) is 2.94. The van der Waals surface area contributed by atoms with E-state index in [1.165, 1.54) is 0 Å². The predicted molar refractivity (Wildman–Crippen MR) is 74.4 cm³/mol. The van der Waals surface area contributed by atoms with Crippen molar-refractivity contribution < 1.29 is 13.9 Å². The Morgan fingerprint density at radius 1 is 1.42 bits per heavy atom. The minimum absolute atomic E-state index is 0.259. The number of ether oxygens (including phenoxy) is 1. The molecule has 0 bridgehead atoms. The number of carbonyl (C=O) groups is 1. The highest BCUT2D eigenvalue weighted by molar-refractivity contribution is 9.10. The number of nitrogens with zero attached hydrogens (tertiary/aromatic N) is 1. The van der Waals surface area contributed by atoms with Gasteiger partial charge in [0.25, 0.3) is 0 Å². The second kappa shape index (κ2) is 5.12. The summed E-state index contributed by atoms with van der Waals surface area (Å²) in [7, 11) is 0. The molecule has 1 aromatic carbocycles. The fourth-order valence-corrected chi connectivity index (χ4v) is 2.42. The second-order valence-electron chi connectivity index (χ2n) is 5.65. The number of halogens is 2. The molecule has 0 unspecified atom stereocenters. The summed E-state index contributed by atoms with van der Waals surface area (Å²) >= 11 is 3.17. The first-order valence-electron chi connectivity index (χ1n) is 6.21. The largest absolute Gasteiger partial charge is 0.444 e. The minimum Gasteiger partial charge on any atom is -0.444 e. The van der Waals surface area contributed by atoms with E-state index in [0.717, 1.165) is 5.56 Å². The first-order valence-corrected chi connectivity index (χ1v) is 7.01. The van der Waals surface area contributed by atoms with Crippen LogP contribution in [-0.4, -0.2) is 23.1 Å². The number of carbonyl (C=O) groups excluding carboxylic acids is 1. The molecule has 1 aliphatic rings. The van der Waals surface area contributed by atoms with Gasteiger partial charge in [0, 0.05) is 12.1 Å². The van der Waals surface area contributed by atoms with Gasteiger partial charge in [-0.25, -0.2) is 9.18 Å². The Labute approximate surface area is 120 Å². The van der Waals surface area contributed by atoms with Gasteiger partial charge in [0.15, 0.2) is 0 Å². The highest BCUT2D eigenvalue weighted by Crippen LogP contribution is 2.27. The van der Waals surface area contributed by atoms with Crippen LogP contribution in [0.4, 0.5) is 9.18 Å². The molecular weight excluding hydrogens is 313 g/mol. The van der Waals surface area contributed by atoms with Crippen LogP contribution in [0.15, 0.2) is 16.6 Å². The van der Waals surface area contributed by atoms with E-state index < -0.39 is 11.7 Å². The normalized spacial score (nSPS) is 15.1. The van der Waals surface area contributed by atoms with E-state index >= 15 is 0 Å². The van der Waals surface area contributed by atoms with Crippen LogP contribution in [0.5, 0.6) is 0 Å². The maximum atomic E-state index is 14.0. The summed E-state index contributed by atoms with van der Waals surface area (Å²) in [5, 5.41) is 0. The van der Waals surface area contributed by atoms with Crippen molar-refractivity contribution in [3.63, 3.8) is 0 Å². The SMILES string of the molecule is CC(C)(C)OC(=O)N1CCc2ccc(Br)c(F)c2C1. The molecule has 19 heavy (non-hydrogen) atoms. The fourth-order valence-electron chi connectivity index (χ4n) is 2.05. The number of hydrogen-bond acceptors (Lipinski definition) is 2. The van der Waals surface area contributed by atoms with Gasteiger partial charge in [-0.2, -0.15) is 0 Å². The molecule has 1 aliphatic heterocycles. The van der Waals surface area contributed by atoms with E-state index in [0.29, 0.717) is 23.0 Å². The third kappa shape index (κ3) is 3.26. The zero-order chi connectivity index (χ0) is 14.2. The topological polar surface area (TPSA) is 29.5 Å². The van der Waals surface area contributed by atoms with Gasteiger partial charge in [0.1, 0.15) is 11.4 Å². The molecule has 0 saturated carbocycles. The maximum Gasteiger partial charge on any atom is 0.410 e. The third-order valence-corrected chi connectivity index (χ3v) is 3.56. The van der Waals surface area contributed by atoms with Gasteiger partial charge in [-0.3, -0.25) is 0 Å². The lowest BCUT2D eigenvalue weighted by Gasteiger charge is -2.31. The summed E-state index contributed by atoms with van der Waals surface area (Å²) in [5.74, 6) is -0.286. The highest BCUT2D eigenvalue weighted by Gasteiger charge is 2.27. The van der Waals surface area contributed by atoms with E-state index in [1.54, 1.807) is 11.0 Å². The zero-order valence-electron chi connectivity index (χ0n) is 11.3. The van der Waals surface area contributed by atoms with Crippen molar-refractivity contribution in [1.29, 1.82) is 0 Å². The van der Waals surface area contributed by atoms with Gasteiger partial charge in [0.05, 0.1) is 11.0 Å². The fraction of sp³-hybridized carbons (Fsp3) is 0.500. The molecule has 104 valence electrons. The molecule has 3 nitrogen and oxygen atoms in total. The Morgan fingerprint density at radius 3 is 2.74 bits per heavy atom. The molecule has 1 heterocycles. The highest BCUT2D eigenvalue weighted by atomic mass is 79.9. The van der Waals surface area contributed by atoms with Gasteiger partial charge in [-0.15, -0.1) is 0 Å². The summed E-state index contributed by atoms with van der Waals surface area (Å²) in [6.45, 7) is 6.28. The van der Waals surface area contributed by atoms with Crippen LogP contribution in [-0.2, 0) is 17.7 Å². The van der Waals surface area contributed by atoms with Gasteiger partial charge in [0.2, 0.25) is 0 Å². The zero-order valence-corrected chi connectivity index (χ0v) is 12.9. The monoisotopic (exact) mass is 329 g/mol. The first-order chi connectivity index (χ1) is 8.78. The lowest BCUT2D eigenvalue weighted by atomic mass is 9.99. The van der Waals surface area contributed by atoms with Crippen LogP contribution in [0, 0.1) is 5.82 Å². The Bertz CT molecular complexity index is 511. The molecule has 0 fully saturated rings. The Balaban J connectivity index is 2.18. The minimum atomic E-state index is -0.535. The van der Waals surface area contributed by atoms with Gasteiger partial charge >= 0.3 is 6.09 Å². The molecule has 0 saturated heterocycles. The van der Waals surface area contributed by atoms with Gasteiger partial charge in [-0.1, -0.05) is 6.07 Å². The van der Waals surface area contributed by atoms with Crippen LogP contribution in [0.2, 0.25) is 0 Å². The van der Waals surface area contributed by atoms with Crippen LogP contribution in [0.1, 0.15) is 31.9 Å². The average Bonchev–Trinajstić information content (AvgIpc) is 2.31. The lowest BCUT2D eigenvalue weighted by molar-refractivity contribution is 0.0221. The summed E-state index contributed by atoms with van der Waals surface area (Å²) < 4.78 is 19.8. The Hall–Kier alpha value is -1.10. The molecular formula is C14H17BrFNO2. The summed E-state index contributed by atoms with van der Waals surface area (Å²) in [4.78, 5) is 13.5. The molecule has 5 heteroatoms. The van der Waals surface area contributed by atoms with E-state index in [1.807, 2.05) is 26.8 Å². The molecule has 1 amide bonds. The van der Waals surface area contributed by atoms with Crippen LogP contribution >= 0.6 is 15.9 Å². The number of rotatable bonds is 0. The number of amides is 1. The summed E-state index contributed by atoms with van der Waals surface area (Å²) in [6.07, 6.45) is 0.260. The average molecular weight is 330 g/mol. The summed E-state index contributed by atoms with van der Waals surface area (Å²) in [6, 6.07) is 3.60. The number of fused-ring (bicyclic) bond motifs is 1. The molecule has 0 aromatic heterocycles. The van der Waals surface area contributed by atoms with E-state index in [-0.39, 0.29) is 12.4 Å². The molecule has 1 aromatic rings. The quantitative estimate of drug-likeness (QED) is 0.722. The molecule has 0 spiro atoms. The van der Waals surface area contributed by atoms with Crippen LogP contribution in [0.3, 0.4) is 0 Å². The smallest absolute Gasteiger partial charge is 0.410 e. The molecule has 0 atom stereocenters. The number of hydrogen-bond donors (Lipinski definition) is 0. The second-order valence-corrected chi connectivity index (χ2v) is 6.51. The maximum absolute atomic E-state index is 14.0. The van der Waals surface area contributed by atoms with Crippen molar-refractivity contribution >= 4 is 22.0 Å². The van der Waals surface area contributed by atoms with E-state index in [9.17, 15) is 9.18 Å². The first kappa shape index (κ1) is 14.3. The molecule has 0 aliphatic carbocycles. The van der Waals surface area contributed by atoms with E-state index in [2.05, 4.69) is 15.9 Å². The molecule has 0 N–H and O–H groups in total. The van der Waals surface area contributed by atoms with Crippen molar-refractivity contribution in [3.05, 3.63) is 33.5 Å². The molecule has 0 radical (unpaired) electrons. The Morgan fingerprint density at radius 2 is 2.11 bits per heavy atom. The van der Waals surface area contributed by atoms with Crippen LogP contribution < -0.4 is 0 Å². The van der Waals surface area contributed by atoms with Crippen LogP contribution in [0.25, 0.3) is 0 Å². The van der Waals surface area contributed by atoms with Gasteiger partial charge < -0.3 is 9.64 Å².